The molecule has 26 heavy (non-hydrogen) atoms. The summed E-state index contributed by atoms with van der Waals surface area (Å²) in [6.07, 6.45) is 4.11. The lowest BCUT2D eigenvalue weighted by Crippen LogP contribution is -2.38. The maximum absolute atomic E-state index is 12.8. The number of ether oxygens (including phenoxy) is 1. The van der Waals surface area contributed by atoms with Crippen LogP contribution in [-0.4, -0.2) is 34.6 Å². The van der Waals surface area contributed by atoms with Crippen LogP contribution >= 0.6 is 0 Å². The van der Waals surface area contributed by atoms with E-state index in [1.807, 2.05) is 42.5 Å². The maximum Gasteiger partial charge on any atom is 0.229 e. The highest BCUT2D eigenvalue weighted by Gasteiger charge is 2.28. The van der Waals surface area contributed by atoms with Crippen LogP contribution < -0.4 is 4.74 Å². The third-order valence-corrected chi connectivity index (χ3v) is 4.53. The second kappa shape index (κ2) is 7.00. The number of hydrogen-bond donors (Lipinski definition) is 0. The summed E-state index contributed by atoms with van der Waals surface area (Å²) in [6, 6.07) is 13.4. The first-order chi connectivity index (χ1) is 12.7. The Labute approximate surface area is 151 Å². The van der Waals surface area contributed by atoms with Gasteiger partial charge in [-0.2, -0.15) is 0 Å². The molecule has 3 aromatic rings. The number of amides is 1. The molecule has 0 bridgehead atoms. The Morgan fingerprint density at radius 2 is 2.04 bits per heavy atom. The van der Waals surface area contributed by atoms with Crippen LogP contribution in [0.4, 0.5) is 0 Å². The molecule has 132 valence electrons. The van der Waals surface area contributed by atoms with E-state index in [2.05, 4.69) is 10.1 Å². The fraction of sp³-hybridized carbons (Fsp3) is 0.250. The zero-order chi connectivity index (χ0) is 17.9. The summed E-state index contributed by atoms with van der Waals surface area (Å²) >= 11 is 0. The van der Waals surface area contributed by atoms with E-state index in [0.717, 1.165) is 22.6 Å². The minimum Gasteiger partial charge on any atom is -0.492 e. The summed E-state index contributed by atoms with van der Waals surface area (Å²) in [4.78, 5) is 18.4. The number of carbonyl (C=O) groups is 1. The second-order valence-electron chi connectivity index (χ2n) is 6.43. The van der Waals surface area contributed by atoms with Gasteiger partial charge in [-0.25, -0.2) is 0 Å². The molecule has 1 atom stereocenters. The quantitative estimate of drug-likeness (QED) is 0.724. The van der Waals surface area contributed by atoms with Gasteiger partial charge in [-0.15, -0.1) is 0 Å². The summed E-state index contributed by atoms with van der Waals surface area (Å²) in [5.41, 5.74) is 2.74. The van der Waals surface area contributed by atoms with Crippen molar-refractivity contribution in [1.82, 2.24) is 15.0 Å². The van der Waals surface area contributed by atoms with Crippen molar-refractivity contribution in [3.8, 4) is 17.0 Å². The Bertz CT molecular complexity index is 907. The van der Waals surface area contributed by atoms with Gasteiger partial charge in [0.1, 0.15) is 18.1 Å². The molecular weight excluding hydrogens is 330 g/mol. The molecule has 0 saturated carbocycles. The molecule has 1 amide bonds. The first-order valence-corrected chi connectivity index (χ1v) is 8.52. The summed E-state index contributed by atoms with van der Waals surface area (Å²) in [6.45, 7) is 0.772. The van der Waals surface area contributed by atoms with Gasteiger partial charge in [0.15, 0.2) is 5.76 Å². The van der Waals surface area contributed by atoms with Gasteiger partial charge in [0.25, 0.3) is 0 Å². The highest BCUT2D eigenvalue weighted by molar-refractivity contribution is 5.79. The molecule has 3 heterocycles. The number of fused-ring (bicyclic) bond motifs is 1. The molecule has 4 rings (SSSR count). The molecule has 0 saturated heterocycles. The van der Waals surface area contributed by atoms with Gasteiger partial charge < -0.3 is 14.2 Å². The van der Waals surface area contributed by atoms with E-state index in [1.54, 1.807) is 24.3 Å². The Morgan fingerprint density at radius 3 is 2.88 bits per heavy atom. The summed E-state index contributed by atoms with van der Waals surface area (Å²) < 4.78 is 11.1. The van der Waals surface area contributed by atoms with Crippen LogP contribution in [-0.2, 0) is 17.8 Å². The highest BCUT2D eigenvalue weighted by atomic mass is 16.5. The first kappa shape index (κ1) is 16.3. The van der Waals surface area contributed by atoms with Crippen molar-refractivity contribution >= 4 is 5.91 Å². The van der Waals surface area contributed by atoms with Crippen molar-refractivity contribution in [3.63, 3.8) is 0 Å². The zero-order valence-corrected chi connectivity index (χ0v) is 14.5. The highest BCUT2D eigenvalue weighted by Crippen LogP contribution is 2.28. The van der Waals surface area contributed by atoms with Crippen molar-refractivity contribution in [2.75, 3.05) is 13.7 Å². The molecule has 6 nitrogen and oxygen atoms in total. The lowest BCUT2D eigenvalue weighted by atomic mass is 9.95. The second-order valence-corrected chi connectivity index (χ2v) is 6.43. The van der Waals surface area contributed by atoms with Crippen molar-refractivity contribution in [2.24, 2.45) is 5.92 Å². The number of benzene rings is 1. The molecule has 0 aliphatic carbocycles. The van der Waals surface area contributed by atoms with E-state index >= 15 is 0 Å². The minimum atomic E-state index is -0.183. The largest absolute Gasteiger partial charge is 0.492 e. The summed E-state index contributed by atoms with van der Waals surface area (Å²) in [5.74, 6) is 1.38. The number of rotatable bonds is 4. The first-order valence-electron chi connectivity index (χ1n) is 8.52. The van der Waals surface area contributed by atoms with Crippen LogP contribution in [0, 0.1) is 5.92 Å². The van der Waals surface area contributed by atoms with Gasteiger partial charge >= 0.3 is 0 Å². The van der Waals surface area contributed by atoms with Crippen LogP contribution in [0.3, 0.4) is 0 Å². The summed E-state index contributed by atoms with van der Waals surface area (Å²) in [5, 5.41) is 4.08. The van der Waals surface area contributed by atoms with Gasteiger partial charge in [0.2, 0.25) is 5.91 Å². The zero-order valence-electron chi connectivity index (χ0n) is 14.5. The molecule has 0 fully saturated rings. The molecule has 0 unspecified atom stereocenters. The average molecular weight is 349 g/mol. The SMILES string of the molecule is CN(Cc1cc(-c2ccncc2)no1)C(=O)[C@@H]1COc2ccccc2C1. The van der Waals surface area contributed by atoms with Crippen LogP contribution in [0.15, 0.2) is 59.4 Å². The number of para-hydroxylation sites is 1. The smallest absolute Gasteiger partial charge is 0.229 e. The Morgan fingerprint density at radius 1 is 1.23 bits per heavy atom. The molecule has 0 N–H and O–H groups in total. The molecule has 1 aromatic carbocycles. The normalized spacial score (nSPS) is 15.8. The molecule has 0 spiro atoms. The average Bonchev–Trinajstić information content (AvgIpc) is 3.16. The maximum atomic E-state index is 12.8. The lowest BCUT2D eigenvalue weighted by Gasteiger charge is -2.27. The molecular formula is C20H19N3O3. The number of nitrogens with zero attached hydrogens (tertiary/aromatic N) is 3. The molecule has 1 aliphatic rings. The molecule has 6 heteroatoms. The third kappa shape index (κ3) is 3.31. The molecule has 2 aromatic heterocycles. The van der Waals surface area contributed by atoms with Gasteiger partial charge in [0.05, 0.1) is 12.5 Å². The van der Waals surface area contributed by atoms with E-state index < -0.39 is 0 Å². The number of carbonyl (C=O) groups excluding carboxylic acids is 1. The van der Waals surface area contributed by atoms with Crippen molar-refractivity contribution in [3.05, 3.63) is 66.2 Å². The van der Waals surface area contributed by atoms with Crippen molar-refractivity contribution < 1.29 is 14.1 Å². The molecule has 1 aliphatic heterocycles. The van der Waals surface area contributed by atoms with E-state index in [9.17, 15) is 4.79 Å². The number of hydrogen-bond acceptors (Lipinski definition) is 5. The number of aromatic nitrogens is 2. The van der Waals surface area contributed by atoms with Crippen LogP contribution in [0.5, 0.6) is 5.75 Å². The van der Waals surface area contributed by atoms with Crippen LogP contribution in [0.1, 0.15) is 11.3 Å². The van der Waals surface area contributed by atoms with E-state index in [4.69, 9.17) is 9.26 Å². The van der Waals surface area contributed by atoms with Crippen LogP contribution in [0.2, 0.25) is 0 Å². The van der Waals surface area contributed by atoms with Crippen molar-refractivity contribution in [1.29, 1.82) is 0 Å². The molecule has 0 radical (unpaired) electrons. The Balaban J connectivity index is 1.42. The third-order valence-electron chi connectivity index (χ3n) is 4.53. The number of pyridine rings is 1. The predicted octanol–water partition coefficient (Wildman–Crippen LogP) is 2.95. The fourth-order valence-corrected chi connectivity index (χ4v) is 3.16. The summed E-state index contributed by atoms with van der Waals surface area (Å²) in [7, 11) is 1.78. The Kier molecular flexibility index (Phi) is 4.39. The van der Waals surface area contributed by atoms with Gasteiger partial charge in [-0.1, -0.05) is 23.4 Å². The topological polar surface area (TPSA) is 68.5 Å². The van der Waals surface area contributed by atoms with Gasteiger partial charge in [0, 0.05) is 31.1 Å². The minimum absolute atomic E-state index is 0.0429. The van der Waals surface area contributed by atoms with Crippen LogP contribution in [0.25, 0.3) is 11.3 Å². The standard InChI is InChI=1S/C20H19N3O3/c1-23(12-17-11-18(22-26-17)14-6-8-21-9-7-14)20(24)16-10-15-4-2-3-5-19(15)25-13-16/h2-9,11,16H,10,12-13H2,1H3/t16-/m0/s1. The Hall–Kier alpha value is -3.15. The lowest BCUT2D eigenvalue weighted by molar-refractivity contribution is -0.136. The van der Waals surface area contributed by atoms with E-state index in [0.29, 0.717) is 25.3 Å². The van der Waals surface area contributed by atoms with Gasteiger partial charge in [-0.3, -0.25) is 9.78 Å². The predicted molar refractivity (Wildman–Crippen MR) is 95.3 cm³/mol. The fourth-order valence-electron chi connectivity index (χ4n) is 3.16. The van der Waals surface area contributed by atoms with E-state index in [-0.39, 0.29) is 11.8 Å². The van der Waals surface area contributed by atoms with Gasteiger partial charge in [-0.05, 0) is 30.2 Å². The van der Waals surface area contributed by atoms with Crippen molar-refractivity contribution in [2.45, 2.75) is 13.0 Å². The monoisotopic (exact) mass is 349 g/mol. The van der Waals surface area contributed by atoms with E-state index in [1.165, 1.54) is 0 Å².